The molecular formula is C9H17N2O3+. The molecule has 0 aromatic heterocycles. The van der Waals surface area contributed by atoms with E-state index in [-0.39, 0.29) is 23.9 Å². The SMILES string of the molecule is C=CCC1NCC[N+]1(CO)CC(=O)O. The van der Waals surface area contributed by atoms with Crippen molar-refractivity contribution in [3.05, 3.63) is 12.7 Å². The molecule has 14 heavy (non-hydrogen) atoms. The van der Waals surface area contributed by atoms with Crippen LogP contribution in [0.5, 0.6) is 0 Å². The number of quaternary nitrogens is 1. The lowest BCUT2D eigenvalue weighted by Gasteiger charge is -2.35. The Balaban J connectivity index is 2.73. The zero-order chi connectivity index (χ0) is 10.6. The fourth-order valence-corrected chi connectivity index (χ4v) is 1.95. The second-order valence-electron chi connectivity index (χ2n) is 3.63. The highest BCUT2D eigenvalue weighted by Crippen LogP contribution is 2.18. The lowest BCUT2D eigenvalue weighted by Crippen LogP contribution is -2.57. The van der Waals surface area contributed by atoms with Gasteiger partial charge < -0.3 is 10.2 Å². The first-order valence-electron chi connectivity index (χ1n) is 4.67. The van der Waals surface area contributed by atoms with Gasteiger partial charge in [0.25, 0.3) is 0 Å². The smallest absolute Gasteiger partial charge is 0.359 e. The van der Waals surface area contributed by atoms with Crippen molar-refractivity contribution in [1.82, 2.24) is 5.32 Å². The first-order valence-corrected chi connectivity index (χ1v) is 4.67. The number of aliphatic hydroxyl groups is 1. The minimum absolute atomic E-state index is 0.0198. The van der Waals surface area contributed by atoms with Crippen molar-refractivity contribution >= 4 is 5.97 Å². The number of rotatable bonds is 5. The molecule has 0 amide bonds. The summed E-state index contributed by atoms with van der Waals surface area (Å²) in [6, 6.07) is 0. The molecule has 0 aromatic rings. The van der Waals surface area contributed by atoms with E-state index in [0.717, 1.165) is 6.54 Å². The molecule has 1 rings (SSSR count). The van der Waals surface area contributed by atoms with E-state index in [9.17, 15) is 9.90 Å². The van der Waals surface area contributed by atoms with Crippen molar-refractivity contribution < 1.29 is 19.5 Å². The number of nitrogens with zero attached hydrogens (tertiary/aromatic N) is 1. The summed E-state index contributed by atoms with van der Waals surface area (Å²) in [6.45, 7) is 4.84. The molecule has 2 unspecified atom stereocenters. The Hall–Kier alpha value is -0.910. The Morgan fingerprint density at radius 1 is 1.71 bits per heavy atom. The molecule has 1 heterocycles. The van der Waals surface area contributed by atoms with Crippen LogP contribution in [-0.4, -0.2) is 53.2 Å². The van der Waals surface area contributed by atoms with Crippen LogP contribution in [0.2, 0.25) is 0 Å². The Bertz CT molecular complexity index is 232. The predicted octanol–water partition coefficient (Wildman–Crippen LogP) is -0.657. The molecule has 2 atom stereocenters. The van der Waals surface area contributed by atoms with E-state index in [1.54, 1.807) is 6.08 Å². The van der Waals surface area contributed by atoms with Gasteiger partial charge in [-0.2, -0.15) is 0 Å². The van der Waals surface area contributed by atoms with Crippen molar-refractivity contribution in [1.29, 1.82) is 0 Å². The van der Waals surface area contributed by atoms with E-state index in [2.05, 4.69) is 11.9 Å². The monoisotopic (exact) mass is 201 g/mol. The van der Waals surface area contributed by atoms with Crippen LogP contribution in [0.4, 0.5) is 0 Å². The largest absolute Gasteiger partial charge is 0.477 e. The van der Waals surface area contributed by atoms with Crippen molar-refractivity contribution in [2.75, 3.05) is 26.4 Å². The van der Waals surface area contributed by atoms with Gasteiger partial charge in [0.05, 0.1) is 13.1 Å². The average molecular weight is 201 g/mol. The van der Waals surface area contributed by atoms with Gasteiger partial charge >= 0.3 is 5.97 Å². The van der Waals surface area contributed by atoms with Gasteiger partial charge in [0.15, 0.2) is 13.3 Å². The molecule has 0 saturated carbocycles. The number of carboxylic acid groups (broad SMARTS) is 1. The molecular weight excluding hydrogens is 184 g/mol. The van der Waals surface area contributed by atoms with Gasteiger partial charge in [0.1, 0.15) is 6.17 Å². The number of carbonyl (C=O) groups is 1. The van der Waals surface area contributed by atoms with Crippen LogP contribution in [0.3, 0.4) is 0 Å². The number of hydrogen-bond acceptors (Lipinski definition) is 3. The molecule has 3 N–H and O–H groups in total. The number of aliphatic hydroxyl groups excluding tert-OH is 1. The van der Waals surface area contributed by atoms with E-state index < -0.39 is 5.97 Å². The van der Waals surface area contributed by atoms with E-state index in [4.69, 9.17) is 5.11 Å². The van der Waals surface area contributed by atoms with Crippen molar-refractivity contribution in [3.8, 4) is 0 Å². The van der Waals surface area contributed by atoms with Crippen LogP contribution in [0.15, 0.2) is 12.7 Å². The molecule has 1 saturated heterocycles. The first kappa shape index (κ1) is 11.2. The maximum Gasteiger partial charge on any atom is 0.359 e. The van der Waals surface area contributed by atoms with Gasteiger partial charge in [-0.1, -0.05) is 6.08 Å². The van der Waals surface area contributed by atoms with Crippen LogP contribution in [0.1, 0.15) is 6.42 Å². The molecule has 0 radical (unpaired) electrons. The fourth-order valence-electron chi connectivity index (χ4n) is 1.95. The summed E-state index contributed by atoms with van der Waals surface area (Å²) >= 11 is 0. The van der Waals surface area contributed by atoms with Crippen LogP contribution < -0.4 is 5.32 Å². The number of aliphatic carboxylic acids is 1. The maximum absolute atomic E-state index is 10.7. The summed E-state index contributed by atoms with van der Waals surface area (Å²) in [5.74, 6) is -0.878. The molecule has 80 valence electrons. The minimum atomic E-state index is -0.878. The van der Waals surface area contributed by atoms with Crippen LogP contribution in [-0.2, 0) is 4.79 Å². The maximum atomic E-state index is 10.7. The molecule has 0 aromatic carbocycles. The summed E-state index contributed by atoms with van der Waals surface area (Å²) in [5.41, 5.74) is 0. The second-order valence-corrected chi connectivity index (χ2v) is 3.63. The number of carboxylic acids is 1. The summed E-state index contributed by atoms with van der Waals surface area (Å²) in [4.78, 5) is 10.7. The van der Waals surface area contributed by atoms with E-state index in [1.165, 1.54) is 0 Å². The molecule has 0 aliphatic carbocycles. The molecule has 0 bridgehead atoms. The molecule has 5 nitrogen and oxygen atoms in total. The molecule has 1 aliphatic heterocycles. The Kier molecular flexibility index (Phi) is 3.62. The van der Waals surface area contributed by atoms with Crippen LogP contribution >= 0.6 is 0 Å². The van der Waals surface area contributed by atoms with E-state index in [1.807, 2.05) is 0 Å². The van der Waals surface area contributed by atoms with Crippen LogP contribution in [0, 0.1) is 0 Å². The molecule has 1 aliphatic rings. The highest BCUT2D eigenvalue weighted by Gasteiger charge is 2.41. The number of hydrogen-bond donors (Lipinski definition) is 3. The zero-order valence-electron chi connectivity index (χ0n) is 8.15. The van der Waals surface area contributed by atoms with Gasteiger partial charge in [0, 0.05) is 6.42 Å². The summed E-state index contributed by atoms with van der Waals surface area (Å²) < 4.78 is 0.196. The standard InChI is InChI=1S/C9H16N2O3/c1-2-3-8-10-4-5-11(8,7-12)6-9(13)14/h2,8,10,12H,1,3-7H2/p+1. The predicted molar refractivity (Wildman–Crippen MR) is 51.3 cm³/mol. The lowest BCUT2D eigenvalue weighted by molar-refractivity contribution is -0.950. The topological polar surface area (TPSA) is 69.6 Å². The minimum Gasteiger partial charge on any atom is -0.477 e. The third-order valence-electron chi connectivity index (χ3n) is 2.72. The van der Waals surface area contributed by atoms with Gasteiger partial charge in [-0.25, -0.2) is 4.79 Å². The summed E-state index contributed by atoms with van der Waals surface area (Å²) in [6.07, 6.45) is 2.40. The zero-order valence-corrected chi connectivity index (χ0v) is 8.15. The van der Waals surface area contributed by atoms with E-state index in [0.29, 0.717) is 13.0 Å². The summed E-state index contributed by atoms with van der Waals surface area (Å²) in [5, 5.41) is 21.3. The lowest BCUT2D eigenvalue weighted by atomic mass is 10.2. The van der Waals surface area contributed by atoms with E-state index >= 15 is 0 Å². The highest BCUT2D eigenvalue weighted by molar-refractivity contribution is 5.68. The quantitative estimate of drug-likeness (QED) is 0.408. The third kappa shape index (κ3) is 2.12. The first-order chi connectivity index (χ1) is 6.64. The Morgan fingerprint density at radius 2 is 2.43 bits per heavy atom. The third-order valence-corrected chi connectivity index (χ3v) is 2.72. The second kappa shape index (κ2) is 4.54. The van der Waals surface area contributed by atoms with Crippen molar-refractivity contribution in [2.24, 2.45) is 0 Å². The number of nitrogens with one attached hydrogen (secondary N) is 1. The van der Waals surface area contributed by atoms with Gasteiger partial charge in [-0.05, 0) is 0 Å². The molecule has 0 spiro atoms. The van der Waals surface area contributed by atoms with Gasteiger partial charge in [-0.15, -0.1) is 6.58 Å². The molecule has 5 heteroatoms. The van der Waals surface area contributed by atoms with Crippen molar-refractivity contribution in [2.45, 2.75) is 12.6 Å². The van der Waals surface area contributed by atoms with Crippen molar-refractivity contribution in [3.63, 3.8) is 0 Å². The Labute approximate surface area is 83.2 Å². The van der Waals surface area contributed by atoms with Gasteiger partial charge in [-0.3, -0.25) is 9.80 Å². The highest BCUT2D eigenvalue weighted by atomic mass is 16.4. The fraction of sp³-hybridized carbons (Fsp3) is 0.667. The molecule has 1 fully saturated rings. The summed E-state index contributed by atoms with van der Waals surface area (Å²) in [7, 11) is 0. The normalized spacial score (nSPS) is 31.6. The Morgan fingerprint density at radius 3 is 2.93 bits per heavy atom. The average Bonchev–Trinajstić information content (AvgIpc) is 2.49. The van der Waals surface area contributed by atoms with Crippen LogP contribution in [0.25, 0.3) is 0 Å². The van der Waals surface area contributed by atoms with Gasteiger partial charge in [0.2, 0.25) is 0 Å².